The Bertz CT molecular complexity index is 678. The molecule has 2 heterocycles. The molecule has 1 unspecified atom stereocenters. The van der Waals surface area contributed by atoms with Gasteiger partial charge in [0.15, 0.2) is 5.78 Å². The largest absolute Gasteiger partial charge is 0.391 e. The zero-order valence-electron chi connectivity index (χ0n) is 18.7. The van der Waals surface area contributed by atoms with Crippen molar-refractivity contribution in [3.63, 3.8) is 0 Å². The van der Waals surface area contributed by atoms with Crippen molar-refractivity contribution in [1.82, 2.24) is 20.4 Å². The Morgan fingerprint density at radius 1 is 1.13 bits per heavy atom. The highest BCUT2D eigenvalue weighted by atomic mass is 16.3. The summed E-state index contributed by atoms with van der Waals surface area (Å²) >= 11 is 0. The van der Waals surface area contributed by atoms with Crippen molar-refractivity contribution in [2.45, 2.75) is 84.0 Å². The van der Waals surface area contributed by atoms with E-state index in [1.165, 1.54) is 4.90 Å². The molecule has 0 aromatic carbocycles. The monoisotopic (exact) mass is 424 g/mol. The fourth-order valence-corrected chi connectivity index (χ4v) is 3.96. The van der Waals surface area contributed by atoms with Gasteiger partial charge < -0.3 is 25.5 Å². The van der Waals surface area contributed by atoms with Crippen LogP contribution < -0.4 is 10.6 Å². The van der Waals surface area contributed by atoms with Crippen LogP contribution in [-0.4, -0.2) is 81.9 Å². The Balaban J connectivity index is 2.02. The number of nitrogens with zero attached hydrogens (tertiary/aromatic N) is 2. The van der Waals surface area contributed by atoms with Crippen LogP contribution in [0.25, 0.3) is 0 Å². The summed E-state index contributed by atoms with van der Waals surface area (Å²) in [6.45, 7) is 9.68. The Morgan fingerprint density at radius 3 is 2.40 bits per heavy atom. The molecule has 0 saturated carbocycles. The van der Waals surface area contributed by atoms with Gasteiger partial charge in [-0.1, -0.05) is 20.8 Å². The summed E-state index contributed by atoms with van der Waals surface area (Å²) in [6, 6.07) is -1.94. The normalized spacial score (nSPS) is 24.3. The smallest absolute Gasteiger partial charge is 0.318 e. The number of aliphatic hydroxyl groups excluding tert-OH is 1. The number of urea groups is 1. The summed E-state index contributed by atoms with van der Waals surface area (Å²) in [5, 5.41) is 15.5. The third-order valence-electron chi connectivity index (χ3n) is 5.99. The molecule has 0 aromatic heterocycles. The number of ketones is 1. The first-order chi connectivity index (χ1) is 14.0. The van der Waals surface area contributed by atoms with Crippen LogP contribution in [0.15, 0.2) is 0 Å². The van der Waals surface area contributed by atoms with Crippen LogP contribution in [0.5, 0.6) is 0 Å². The molecule has 2 fully saturated rings. The molecule has 2 saturated heterocycles. The standard InChI is InChI=1S/C21H36N4O5/c1-6-21(4,5)23-17(27)11-22-20(30)25-12-14(26)10-16(25)18(28)15-8-7-9-24(15)19(29)13(2)3/h13-16,26H,6-12H2,1-5H3,(H,22,30)(H,23,27)/t14-,15-,16?/m0/s1. The van der Waals surface area contributed by atoms with Crippen LogP contribution in [0.1, 0.15) is 60.3 Å². The van der Waals surface area contributed by atoms with Crippen LogP contribution in [0.2, 0.25) is 0 Å². The molecule has 4 amide bonds. The van der Waals surface area contributed by atoms with E-state index < -0.39 is 24.2 Å². The van der Waals surface area contributed by atoms with E-state index in [4.69, 9.17) is 0 Å². The van der Waals surface area contributed by atoms with E-state index in [0.717, 1.165) is 12.8 Å². The highest BCUT2D eigenvalue weighted by molar-refractivity contribution is 5.96. The molecular formula is C21H36N4O5. The summed E-state index contributed by atoms with van der Waals surface area (Å²) in [5.74, 6) is -0.819. The second-order valence-corrected chi connectivity index (χ2v) is 9.25. The minimum Gasteiger partial charge on any atom is -0.391 e. The van der Waals surface area contributed by atoms with E-state index in [1.807, 2.05) is 20.8 Å². The van der Waals surface area contributed by atoms with Gasteiger partial charge in [0.1, 0.15) is 0 Å². The first-order valence-electron chi connectivity index (χ1n) is 10.8. The summed E-state index contributed by atoms with van der Waals surface area (Å²) < 4.78 is 0. The van der Waals surface area contributed by atoms with Gasteiger partial charge in [0.05, 0.1) is 24.7 Å². The van der Waals surface area contributed by atoms with Crippen molar-refractivity contribution < 1.29 is 24.3 Å². The predicted octanol–water partition coefficient (Wildman–Crippen LogP) is 0.652. The second-order valence-electron chi connectivity index (χ2n) is 9.25. The van der Waals surface area contributed by atoms with Gasteiger partial charge in [0.2, 0.25) is 11.8 Å². The first-order valence-corrected chi connectivity index (χ1v) is 10.8. The zero-order chi connectivity index (χ0) is 22.6. The molecular weight excluding hydrogens is 388 g/mol. The average molecular weight is 425 g/mol. The Hall–Kier alpha value is -2.16. The van der Waals surface area contributed by atoms with Crippen molar-refractivity contribution in [1.29, 1.82) is 0 Å². The highest BCUT2D eigenvalue weighted by Crippen LogP contribution is 2.27. The van der Waals surface area contributed by atoms with Crippen LogP contribution >= 0.6 is 0 Å². The number of rotatable bonds is 7. The molecule has 2 aliphatic rings. The van der Waals surface area contributed by atoms with Crippen molar-refractivity contribution >= 4 is 23.6 Å². The van der Waals surface area contributed by atoms with E-state index in [2.05, 4.69) is 10.6 Å². The summed E-state index contributed by atoms with van der Waals surface area (Å²) in [5.41, 5.74) is -0.376. The number of amides is 4. The molecule has 3 atom stereocenters. The molecule has 2 aliphatic heterocycles. The first kappa shape index (κ1) is 24.1. The van der Waals surface area contributed by atoms with Crippen molar-refractivity contribution in [3.05, 3.63) is 0 Å². The van der Waals surface area contributed by atoms with Crippen molar-refractivity contribution in [3.8, 4) is 0 Å². The van der Waals surface area contributed by atoms with Gasteiger partial charge in [-0.05, 0) is 33.1 Å². The molecule has 0 aliphatic carbocycles. The number of hydrogen-bond acceptors (Lipinski definition) is 5. The fourth-order valence-electron chi connectivity index (χ4n) is 3.96. The van der Waals surface area contributed by atoms with Crippen LogP contribution in [0.4, 0.5) is 4.79 Å². The van der Waals surface area contributed by atoms with Gasteiger partial charge in [-0.2, -0.15) is 0 Å². The molecule has 0 bridgehead atoms. The summed E-state index contributed by atoms with van der Waals surface area (Å²) in [6.07, 6.45) is 1.38. The molecule has 9 heteroatoms. The van der Waals surface area contributed by atoms with E-state index in [9.17, 15) is 24.3 Å². The SMILES string of the molecule is CCC(C)(C)NC(=O)CNC(=O)N1C[C@@H](O)CC1C(=O)[C@@H]1CCCN1C(=O)C(C)C. The third-order valence-corrected chi connectivity index (χ3v) is 5.99. The number of hydrogen-bond donors (Lipinski definition) is 3. The maximum Gasteiger partial charge on any atom is 0.318 e. The van der Waals surface area contributed by atoms with Gasteiger partial charge in [-0.25, -0.2) is 4.79 Å². The number of carbonyl (C=O) groups excluding carboxylic acids is 4. The molecule has 30 heavy (non-hydrogen) atoms. The van der Waals surface area contributed by atoms with Gasteiger partial charge in [0.25, 0.3) is 0 Å². The number of nitrogens with one attached hydrogen (secondary N) is 2. The summed E-state index contributed by atoms with van der Waals surface area (Å²) in [4.78, 5) is 53.3. The Morgan fingerprint density at radius 2 is 1.80 bits per heavy atom. The number of carbonyl (C=O) groups is 4. The minimum atomic E-state index is -0.812. The van der Waals surface area contributed by atoms with Gasteiger partial charge >= 0.3 is 6.03 Å². The van der Waals surface area contributed by atoms with Gasteiger partial charge in [0, 0.05) is 31.0 Å². The van der Waals surface area contributed by atoms with Crippen LogP contribution in [0.3, 0.4) is 0 Å². The molecule has 0 spiro atoms. The van der Waals surface area contributed by atoms with Crippen molar-refractivity contribution in [2.24, 2.45) is 5.92 Å². The number of likely N-dealkylation sites (tertiary alicyclic amines) is 2. The topological polar surface area (TPSA) is 119 Å². The van der Waals surface area contributed by atoms with Crippen LogP contribution in [0, 0.1) is 5.92 Å². The Kier molecular flexibility index (Phi) is 7.85. The van der Waals surface area contributed by atoms with Crippen LogP contribution in [-0.2, 0) is 14.4 Å². The summed E-state index contributed by atoms with van der Waals surface area (Å²) in [7, 11) is 0. The van der Waals surface area contributed by atoms with Crippen molar-refractivity contribution in [2.75, 3.05) is 19.6 Å². The van der Waals surface area contributed by atoms with Gasteiger partial charge in [-0.15, -0.1) is 0 Å². The molecule has 2 rings (SSSR count). The zero-order valence-corrected chi connectivity index (χ0v) is 18.7. The Labute approximate surface area is 178 Å². The van der Waals surface area contributed by atoms with E-state index in [1.54, 1.807) is 18.7 Å². The average Bonchev–Trinajstić information content (AvgIpc) is 3.31. The highest BCUT2D eigenvalue weighted by Gasteiger charge is 2.45. The van der Waals surface area contributed by atoms with E-state index in [0.29, 0.717) is 13.0 Å². The lowest BCUT2D eigenvalue weighted by molar-refractivity contribution is -0.141. The molecule has 170 valence electrons. The third kappa shape index (κ3) is 5.71. The quantitative estimate of drug-likeness (QED) is 0.554. The number of β-amino-alcohol motifs (C(OH)–C–C–N with tert-alkyl or cyclic N) is 1. The lowest BCUT2D eigenvalue weighted by atomic mass is 9.99. The maximum absolute atomic E-state index is 13.2. The fraction of sp³-hybridized carbons (Fsp3) is 0.810. The van der Waals surface area contributed by atoms with E-state index in [-0.39, 0.29) is 48.6 Å². The molecule has 9 nitrogen and oxygen atoms in total. The molecule has 0 radical (unpaired) electrons. The molecule has 0 aromatic rings. The minimum absolute atomic E-state index is 0.0230. The number of Topliss-reactive ketones (excluding diaryl/α,β-unsaturated/α-hetero) is 1. The lowest BCUT2D eigenvalue weighted by Crippen LogP contribution is -2.54. The van der Waals surface area contributed by atoms with E-state index >= 15 is 0 Å². The van der Waals surface area contributed by atoms with Gasteiger partial charge in [-0.3, -0.25) is 14.4 Å². The second kappa shape index (κ2) is 9.76. The number of aliphatic hydroxyl groups is 1. The molecule has 3 N–H and O–H groups in total. The lowest BCUT2D eigenvalue weighted by Gasteiger charge is -2.30. The maximum atomic E-state index is 13.2. The predicted molar refractivity (Wildman–Crippen MR) is 112 cm³/mol.